The molecule has 2 aromatic carbocycles. The van der Waals surface area contributed by atoms with Gasteiger partial charge in [0.1, 0.15) is 5.82 Å². The van der Waals surface area contributed by atoms with Gasteiger partial charge in [-0.1, -0.05) is 23.9 Å². The van der Waals surface area contributed by atoms with Crippen LogP contribution in [0.15, 0.2) is 47.6 Å². The normalized spacial score (nSPS) is 13.5. The molecule has 7 heteroatoms. The van der Waals surface area contributed by atoms with E-state index in [-0.39, 0.29) is 22.9 Å². The van der Waals surface area contributed by atoms with Gasteiger partial charge in [0.15, 0.2) is 16.8 Å². The zero-order valence-corrected chi connectivity index (χ0v) is 19.0. The number of carbonyl (C=O) groups is 1. The number of halogens is 1. The summed E-state index contributed by atoms with van der Waals surface area (Å²) < 4.78 is 15.4. The number of carbonyl (C=O) groups excluding carboxylic acids is 1. The van der Waals surface area contributed by atoms with Gasteiger partial charge in [-0.05, 0) is 83.2 Å². The molecule has 0 unspecified atom stereocenters. The molecule has 0 aliphatic carbocycles. The fraction of sp³-hybridized carbons (Fsp3) is 0.348. The Morgan fingerprint density at radius 1 is 1.03 bits per heavy atom. The largest absolute Gasteiger partial charge is 0.300 e. The van der Waals surface area contributed by atoms with E-state index in [0.717, 1.165) is 22.6 Å². The van der Waals surface area contributed by atoms with Crippen LogP contribution in [-0.4, -0.2) is 44.8 Å². The molecule has 3 aromatic rings. The summed E-state index contributed by atoms with van der Waals surface area (Å²) >= 11 is 1.36. The molecule has 0 radical (unpaired) electrons. The maximum Gasteiger partial charge on any atom is 0.196 e. The third-order valence-corrected chi connectivity index (χ3v) is 6.38. The van der Waals surface area contributed by atoms with E-state index in [0.29, 0.717) is 10.7 Å². The zero-order valence-electron chi connectivity index (χ0n) is 18.2. The smallest absolute Gasteiger partial charge is 0.196 e. The maximum absolute atomic E-state index is 13.5. The van der Waals surface area contributed by atoms with Crippen LogP contribution in [-0.2, 0) is 0 Å². The van der Waals surface area contributed by atoms with E-state index >= 15 is 0 Å². The Balaban J connectivity index is 1.95. The molecule has 0 saturated carbocycles. The van der Waals surface area contributed by atoms with E-state index in [1.165, 1.54) is 23.9 Å². The SMILES string of the molecule is Cc1ccc(C(=O)[C@@H](C)Sc2nnc([C@@H](C)N(C)C)n2-c2ccc(F)cc2)cc1C. The van der Waals surface area contributed by atoms with Crippen LogP contribution < -0.4 is 0 Å². The van der Waals surface area contributed by atoms with E-state index in [9.17, 15) is 9.18 Å². The molecule has 0 saturated heterocycles. The molecule has 1 heterocycles. The summed E-state index contributed by atoms with van der Waals surface area (Å²) in [5.74, 6) is 0.473. The number of thioether (sulfide) groups is 1. The number of hydrogen-bond acceptors (Lipinski definition) is 5. The van der Waals surface area contributed by atoms with Gasteiger partial charge in [-0.15, -0.1) is 10.2 Å². The Labute approximate surface area is 181 Å². The Morgan fingerprint density at radius 3 is 2.30 bits per heavy atom. The van der Waals surface area contributed by atoms with Crippen molar-refractivity contribution < 1.29 is 9.18 Å². The number of Topliss-reactive ketones (excluding diaryl/α,β-unsaturated/α-hetero) is 1. The van der Waals surface area contributed by atoms with Crippen molar-refractivity contribution in [3.8, 4) is 5.69 Å². The first-order chi connectivity index (χ1) is 14.2. The van der Waals surface area contributed by atoms with Crippen LogP contribution in [0, 0.1) is 19.7 Å². The number of hydrogen-bond donors (Lipinski definition) is 0. The molecule has 158 valence electrons. The van der Waals surface area contributed by atoms with Crippen molar-refractivity contribution in [1.29, 1.82) is 0 Å². The minimum Gasteiger partial charge on any atom is -0.300 e. The molecule has 3 rings (SSSR count). The van der Waals surface area contributed by atoms with Crippen molar-refractivity contribution >= 4 is 17.5 Å². The summed E-state index contributed by atoms with van der Waals surface area (Å²) in [4.78, 5) is 15.0. The molecule has 0 bridgehead atoms. The van der Waals surface area contributed by atoms with Gasteiger partial charge in [-0.2, -0.15) is 0 Å². The summed E-state index contributed by atoms with van der Waals surface area (Å²) in [5.41, 5.74) is 3.70. The molecule has 1 aromatic heterocycles. The lowest BCUT2D eigenvalue weighted by molar-refractivity contribution is 0.0993. The number of rotatable bonds is 7. The molecular weight excluding hydrogens is 399 g/mol. The lowest BCUT2D eigenvalue weighted by atomic mass is 10.0. The number of benzene rings is 2. The van der Waals surface area contributed by atoms with Crippen molar-refractivity contribution in [2.45, 2.75) is 44.1 Å². The van der Waals surface area contributed by atoms with Crippen molar-refractivity contribution in [1.82, 2.24) is 19.7 Å². The Kier molecular flexibility index (Phi) is 6.73. The van der Waals surface area contributed by atoms with Crippen LogP contribution in [0.1, 0.15) is 47.2 Å². The maximum atomic E-state index is 13.5. The van der Waals surface area contributed by atoms with Crippen LogP contribution in [0.25, 0.3) is 5.69 Å². The van der Waals surface area contributed by atoms with Gasteiger partial charge in [0, 0.05) is 11.3 Å². The second kappa shape index (κ2) is 9.10. The van der Waals surface area contributed by atoms with Gasteiger partial charge < -0.3 is 0 Å². The lowest BCUT2D eigenvalue weighted by Crippen LogP contribution is -2.21. The fourth-order valence-electron chi connectivity index (χ4n) is 3.03. The highest BCUT2D eigenvalue weighted by Gasteiger charge is 2.25. The highest BCUT2D eigenvalue weighted by molar-refractivity contribution is 8.00. The number of ketones is 1. The topological polar surface area (TPSA) is 51.0 Å². The van der Waals surface area contributed by atoms with Gasteiger partial charge >= 0.3 is 0 Å². The second-order valence-corrected chi connectivity index (χ2v) is 9.02. The van der Waals surface area contributed by atoms with Crippen LogP contribution in [0.2, 0.25) is 0 Å². The fourth-order valence-corrected chi connectivity index (χ4v) is 3.98. The molecule has 0 aliphatic rings. The highest BCUT2D eigenvalue weighted by atomic mass is 32.2. The van der Waals surface area contributed by atoms with Gasteiger partial charge in [0.2, 0.25) is 0 Å². The van der Waals surface area contributed by atoms with E-state index < -0.39 is 0 Å². The van der Waals surface area contributed by atoms with Crippen molar-refractivity contribution in [2.75, 3.05) is 14.1 Å². The summed E-state index contributed by atoms with van der Waals surface area (Å²) in [6.45, 7) is 7.94. The molecule has 0 fully saturated rings. The standard InChI is InChI=1S/C23H27FN4OS/c1-14-7-8-18(13-15(14)2)21(29)17(4)30-23-26-25-22(16(3)27(5)6)28(23)20-11-9-19(24)10-12-20/h7-13,16-17H,1-6H3/t16-,17-/m1/s1. The first kappa shape index (κ1) is 22.2. The Bertz CT molecular complexity index is 1050. The van der Waals surface area contributed by atoms with E-state index in [1.54, 1.807) is 12.1 Å². The minimum absolute atomic E-state index is 0.0114. The average molecular weight is 427 g/mol. The van der Waals surface area contributed by atoms with Crippen LogP contribution in [0.5, 0.6) is 0 Å². The first-order valence-electron chi connectivity index (χ1n) is 9.85. The molecule has 5 nitrogen and oxygen atoms in total. The summed E-state index contributed by atoms with van der Waals surface area (Å²) in [6, 6.07) is 12.0. The third-order valence-electron chi connectivity index (χ3n) is 5.33. The highest BCUT2D eigenvalue weighted by Crippen LogP contribution is 2.30. The Hall–Kier alpha value is -2.51. The van der Waals surface area contributed by atoms with Gasteiger partial charge in [0.25, 0.3) is 0 Å². The molecule has 30 heavy (non-hydrogen) atoms. The van der Waals surface area contributed by atoms with E-state index in [2.05, 4.69) is 10.2 Å². The monoisotopic (exact) mass is 426 g/mol. The molecule has 0 amide bonds. The van der Waals surface area contributed by atoms with Crippen LogP contribution >= 0.6 is 11.8 Å². The summed E-state index contributed by atoms with van der Waals surface area (Å²) in [6.07, 6.45) is 0. The quantitative estimate of drug-likeness (QED) is 0.393. The van der Waals surface area contributed by atoms with Crippen LogP contribution in [0.4, 0.5) is 4.39 Å². The van der Waals surface area contributed by atoms with Gasteiger partial charge in [-0.25, -0.2) is 4.39 Å². The Morgan fingerprint density at radius 2 is 1.70 bits per heavy atom. The van der Waals surface area contributed by atoms with Crippen molar-refractivity contribution in [3.05, 3.63) is 70.8 Å². The average Bonchev–Trinajstić information content (AvgIpc) is 3.12. The third kappa shape index (κ3) is 4.63. The van der Waals surface area contributed by atoms with E-state index in [4.69, 9.17) is 0 Å². The van der Waals surface area contributed by atoms with Crippen LogP contribution in [0.3, 0.4) is 0 Å². The molecule has 0 N–H and O–H groups in total. The molecule has 0 spiro atoms. The van der Waals surface area contributed by atoms with Crippen molar-refractivity contribution in [3.63, 3.8) is 0 Å². The lowest BCUT2D eigenvalue weighted by Gasteiger charge is -2.21. The summed E-state index contributed by atoms with van der Waals surface area (Å²) in [5, 5.41) is 9.02. The van der Waals surface area contributed by atoms with E-state index in [1.807, 2.05) is 69.5 Å². The molecular formula is C23H27FN4OS. The van der Waals surface area contributed by atoms with Crippen molar-refractivity contribution in [2.24, 2.45) is 0 Å². The molecule has 2 atom stereocenters. The zero-order chi connectivity index (χ0) is 22.0. The number of nitrogens with zero attached hydrogens (tertiary/aromatic N) is 4. The van der Waals surface area contributed by atoms with Gasteiger partial charge in [-0.3, -0.25) is 14.3 Å². The second-order valence-electron chi connectivity index (χ2n) is 7.72. The summed E-state index contributed by atoms with van der Waals surface area (Å²) in [7, 11) is 3.93. The first-order valence-corrected chi connectivity index (χ1v) is 10.7. The predicted molar refractivity (Wildman–Crippen MR) is 119 cm³/mol. The number of aromatic nitrogens is 3. The number of aryl methyl sites for hydroxylation is 2. The van der Waals surface area contributed by atoms with Gasteiger partial charge in [0.05, 0.1) is 11.3 Å². The minimum atomic E-state index is -0.349. The molecule has 0 aliphatic heterocycles. The predicted octanol–water partition coefficient (Wildman–Crippen LogP) is 5.01.